The zero-order valence-electron chi connectivity index (χ0n) is 11.1. The van der Waals surface area contributed by atoms with Gasteiger partial charge < -0.3 is 14.2 Å². The van der Waals surface area contributed by atoms with Gasteiger partial charge in [0.1, 0.15) is 6.61 Å². The van der Waals surface area contributed by atoms with E-state index in [9.17, 15) is 14.3 Å². The molecule has 0 saturated carbocycles. The highest BCUT2D eigenvalue weighted by Crippen LogP contribution is 2.41. The molecule has 1 unspecified atom stereocenters. The number of rotatable bonds is 7. The van der Waals surface area contributed by atoms with Crippen LogP contribution >= 0.6 is 7.60 Å². The zero-order chi connectivity index (χ0) is 14.3. The van der Waals surface area contributed by atoms with Gasteiger partial charge in [-0.1, -0.05) is 37.3 Å². The number of carbonyl (C=O) groups is 1. The van der Waals surface area contributed by atoms with Crippen molar-refractivity contribution in [1.29, 1.82) is 0 Å². The van der Waals surface area contributed by atoms with E-state index in [2.05, 4.69) is 4.52 Å². The van der Waals surface area contributed by atoms with Gasteiger partial charge >= 0.3 is 13.6 Å². The molecule has 0 amide bonds. The normalized spacial score (nSPS) is 15.5. The lowest BCUT2D eigenvalue weighted by Crippen LogP contribution is -2.16. The molecule has 0 radical (unpaired) electrons. The van der Waals surface area contributed by atoms with Gasteiger partial charge in [0.25, 0.3) is 0 Å². The maximum atomic E-state index is 11.7. The lowest BCUT2D eigenvalue weighted by atomic mass is 10.1. The van der Waals surface area contributed by atoms with Crippen LogP contribution in [0.25, 0.3) is 0 Å². The Morgan fingerprint density at radius 3 is 2.58 bits per heavy atom. The van der Waals surface area contributed by atoms with E-state index in [-0.39, 0.29) is 25.2 Å². The van der Waals surface area contributed by atoms with Crippen molar-refractivity contribution in [2.24, 2.45) is 5.92 Å². The number of hydrogen-bond acceptors (Lipinski definition) is 4. The molecule has 1 aromatic rings. The van der Waals surface area contributed by atoms with Gasteiger partial charge in [-0.25, -0.2) is 0 Å². The molecular formula is C13H19O5P. The van der Waals surface area contributed by atoms with Gasteiger partial charge in [-0.15, -0.1) is 0 Å². The van der Waals surface area contributed by atoms with Gasteiger partial charge in [-0.2, -0.15) is 0 Å². The molecule has 2 atom stereocenters. The zero-order valence-corrected chi connectivity index (χ0v) is 12.0. The van der Waals surface area contributed by atoms with Crippen LogP contribution in [0.4, 0.5) is 0 Å². The number of benzene rings is 1. The SMILES string of the molecule is COP(=O)(O)CC[C@@H](C)C(=O)OCc1ccccc1. The summed E-state index contributed by atoms with van der Waals surface area (Å²) in [4.78, 5) is 20.9. The van der Waals surface area contributed by atoms with E-state index in [4.69, 9.17) is 4.74 Å². The van der Waals surface area contributed by atoms with Crippen LogP contribution in [0, 0.1) is 5.92 Å². The fourth-order valence-electron chi connectivity index (χ4n) is 1.44. The summed E-state index contributed by atoms with van der Waals surface area (Å²) in [6, 6.07) is 9.35. The van der Waals surface area contributed by atoms with Crippen molar-refractivity contribution in [2.75, 3.05) is 13.3 Å². The van der Waals surface area contributed by atoms with Crippen molar-refractivity contribution in [2.45, 2.75) is 20.0 Å². The highest BCUT2D eigenvalue weighted by Gasteiger charge is 2.22. The molecule has 1 aromatic carbocycles. The molecule has 106 valence electrons. The minimum Gasteiger partial charge on any atom is -0.461 e. The summed E-state index contributed by atoms with van der Waals surface area (Å²) in [7, 11) is -2.37. The third-order valence-corrected chi connectivity index (χ3v) is 4.15. The van der Waals surface area contributed by atoms with Crippen LogP contribution in [0.5, 0.6) is 0 Å². The molecule has 0 saturated heterocycles. The lowest BCUT2D eigenvalue weighted by molar-refractivity contribution is -0.149. The number of ether oxygens (including phenoxy) is 1. The van der Waals surface area contributed by atoms with E-state index in [1.54, 1.807) is 6.92 Å². The van der Waals surface area contributed by atoms with Crippen LogP contribution in [-0.4, -0.2) is 24.1 Å². The summed E-state index contributed by atoms with van der Waals surface area (Å²) < 4.78 is 20.9. The fourth-order valence-corrected chi connectivity index (χ4v) is 2.33. The van der Waals surface area contributed by atoms with Crippen molar-refractivity contribution >= 4 is 13.6 Å². The molecule has 0 aliphatic heterocycles. The summed E-state index contributed by atoms with van der Waals surface area (Å²) in [5.41, 5.74) is 0.910. The molecule has 1 rings (SSSR count). The summed E-state index contributed by atoms with van der Waals surface area (Å²) in [5, 5.41) is 0. The van der Waals surface area contributed by atoms with Gasteiger partial charge in [0.2, 0.25) is 0 Å². The highest BCUT2D eigenvalue weighted by molar-refractivity contribution is 7.52. The van der Waals surface area contributed by atoms with E-state index in [0.29, 0.717) is 0 Å². The molecule has 6 heteroatoms. The lowest BCUT2D eigenvalue weighted by Gasteiger charge is -2.13. The first kappa shape index (κ1) is 15.9. The smallest absolute Gasteiger partial charge is 0.327 e. The first-order valence-corrected chi connectivity index (χ1v) is 7.79. The van der Waals surface area contributed by atoms with E-state index >= 15 is 0 Å². The minimum absolute atomic E-state index is 0.0505. The number of carbonyl (C=O) groups excluding carboxylic acids is 1. The average Bonchev–Trinajstić information content (AvgIpc) is 2.43. The second kappa shape index (κ2) is 7.43. The average molecular weight is 286 g/mol. The van der Waals surface area contributed by atoms with E-state index in [1.807, 2.05) is 30.3 Å². The molecule has 0 aliphatic rings. The standard InChI is InChI=1S/C13H19O5P/c1-11(8-9-19(15,16)17-2)13(14)18-10-12-6-4-3-5-7-12/h3-7,11H,8-10H2,1-2H3,(H,15,16)/t11-/m1/s1. The molecular weight excluding hydrogens is 267 g/mol. The molecule has 0 spiro atoms. The maximum Gasteiger partial charge on any atom is 0.327 e. The first-order chi connectivity index (χ1) is 8.94. The van der Waals surface area contributed by atoms with Gasteiger partial charge in [0.15, 0.2) is 0 Å². The van der Waals surface area contributed by atoms with Crippen molar-refractivity contribution in [3.05, 3.63) is 35.9 Å². The summed E-state index contributed by atoms with van der Waals surface area (Å²) >= 11 is 0. The molecule has 0 bridgehead atoms. The first-order valence-electron chi connectivity index (χ1n) is 6.03. The second-order valence-corrected chi connectivity index (χ2v) is 6.41. The van der Waals surface area contributed by atoms with E-state index in [1.165, 1.54) is 7.11 Å². The second-order valence-electron chi connectivity index (χ2n) is 4.33. The Labute approximate surface area is 113 Å². The third kappa shape index (κ3) is 6.01. The van der Waals surface area contributed by atoms with Crippen LogP contribution in [0.15, 0.2) is 30.3 Å². The van der Waals surface area contributed by atoms with Crippen LogP contribution in [0.2, 0.25) is 0 Å². The number of esters is 1. The highest BCUT2D eigenvalue weighted by atomic mass is 31.2. The van der Waals surface area contributed by atoms with Crippen molar-refractivity contribution < 1.29 is 23.5 Å². The van der Waals surface area contributed by atoms with Crippen molar-refractivity contribution in [3.8, 4) is 0 Å². The van der Waals surface area contributed by atoms with Gasteiger partial charge in [-0.3, -0.25) is 9.36 Å². The summed E-state index contributed by atoms with van der Waals surface area (Å²) in [5.74, 6) is -0.806. The molecule has 5 nitrogen and oxygen atoms in total. The molecule has 0 aliphatic carbocycles. The Morgan fingerprint density at radius 1 is 1.37 bits per heavy atom. The quantitative estimate of drug-likeness (QED) is 0.616. The van der Waals surface area contributed by atoms with Gasteiger partial charge in [-0.05, 0) is 12.0 Å². The van der Waals surface area contributed by atoms with Gasteiger partial charge in [0, 0.05) is 7.11 Å². The van der Waals surface area contributed by atoms with Crippen molar-refractivity contribution in [1.82, 2.24) is 0 Å². The molecule has 0 aromatic heterocycles. The predicted octanol–water partition coefficient (Wildman–Crippen LogP) is 2.59. The Kier molecular flexibility index (Phi) is 6.22. The Hall–Kier alpha value is -1.16. The largest absolute Gasteiger partial charge is 0.461 e. The monoisotopic (exact) mass is 286 g/mol. The molecule has 1 N–H and O–H groups in total. The van der Waals surface area contributed by atoms with Crippen molar-refractivity contribution in [3.63, 3.8) is 0 Å². The predicted molar refractivity (Wildman–Crippen MR) is 71.7 cm³/mol. The third-order valence-electron chi connectivity index (χ3n) is 2.76. The van der Waals surface area contributed by atoms with Gasteiger partial charge in [0.05, 0.1) is 12.1 Å². The number of hydrogen-bond donors (Lipinski definition) is 1. The van der Waals surface area contributed by atoms with Crippen LogP contribution in [-0.2, 0) is 25.2 Å². The van der Waals surface area contributed by atoms with Crippen LogP contribution in [0.3, 0.4) is 0 Å². The van der Waals surface area contributed by atoms with E-state index < -0.39 is 13.5 Å². The Bertz CT molecular complexity index is 446. The summed E-state index contributed by atoms with van der Waals surface area (Å²) in [6.07, 6.45) is 0.209. The Balaban J connectivity index is 2.35. The topological polar surface area (TPSA) is 72.8 Å². The maximum absolute atomic E-state index is 11.7. The van der Waals surface area contributed by atoms with Crippen LogP contribution < -0.4 is 0 Å². The molecule has 19 heavy (non-hydrogen) atoms. The van der Waals surface area contributed by atoms with E-state index in [0.717, 1.165) is 5.56 Å². The summed E-state index contributed by atoms with van der Waals surface area (Å²) in [6.45, 7) is 1.88. The molecule has 0 fully saturated rings. The minimum atomic E-state index is -3.55. The molecule has 0 heterocycles. The Morgan fingerprint density at radius 2 is 2.00 bits per heavy atom. The van der Waals surface area contributed by atoms with Crippen LogP contribution in [0.1, 0.15) is 18.9 Å². The fraction of sp³-hybridized carbons (Fsp3) is 0.462.